The molecule has 1 N–H and O–H groups in total. The van der Waals surface area contributed by atoms with Crippen LogP contribution >= 0.6 is 0 Å². The summed E-state index contributed by atoms with van der Waals surface area (Å²) in [5.41, 5.74) is 0. The molecule has 3 heterocycles. The number of ether oxygens (including phenoxy) is 1. The molecule has 1 aliphatic rings. The second-order valence-corrected chi connectivity index (χ2v) is 5.09. The van der Waals surface area contributed by atoms with Crippen LogP contribution in [0.1, 0.15) is 36.3 Å². The van der Waals surface area contributed by atoms with Crippen molar-refractivity contribution in [3.63, 3.8) is 0 Å². The van der Waals surface area contributed by atoms with Gasteiger partial charge in [-0.3, -0.25) is 4.90 Å². The van der Waals surface area contributed by atoms with E-state index in [9.17, 15) is 0 Å². The first-order valence-corrected chi connectivity index (χ1v) is 6.87. The summed E-state index contributed by atoms with van der Waals surface area (Å²) in [6.45, 7) is 3.10. The van der Waals surface area contributed by atoms with Crippen molar-refractivity contribution in [2.45, 2.75) is 31.9 Å². The zero-order valence-corrected chi connectivity index (χ0v) is 11.6. The Balaban J connectivity index is 1.59. The molecule has 2 aromatic heterocycles. The number of aromatic amines is 1. The lowest BCUT2D eigenvalue weighted by atomic mass is 9.97. The van der Waals surface area contributed by atoms with Crippen LogP contribution in [0.3, 0.4) is 0 Å². The molecule has 7 heteroatoms. The largest absolute Gasteiger partial charge is 0.377 e. The molecular weight excluding hydrogens is 258 g/mol. The average molecular weight is 277 g/mol. The van der Waals surface area contributed by atoms with Crippen LogP contribution < -0.4 is 0 Å². The van der Waals surface area contributed by atoms with Gasteiger partial charge in [-0.2, -0.15) is 4.98 Å². The average Bonchev–Trinajstić information content (AvgIpc) is 3.11. The van der Waals surface area contributed by atoms with Gasteiger partial charge in [0.2, 0.25) is 5.89 Å². The number of nitrogens with zero attached hydrogens (tertiary/aromatic N) is 4. The van der Waals surface area contributed by atoms with Crippen molar-refractivity contribution in [2.75, 3.05) is 20.2 Å². The summed E-state index contributed by atoms with van der Waals surface area (Å²) >= 11 is 0. The van der Waals surface area contributed by atoms with Gasteiger partial charge in [0.25, 0.3) is 0 Å². The second-order valence-electron chi connectivity index (χ2n) is 5.09. The molecule has 108 valence electrons. The van der Waals surface area contributed by atoms with Crippen molar-refractivity contribution >= 4 is 0 Å². The Morgan fingerprint density at radius 3 is 3.30 bits per heavy atom. The van der Waals surface area contributed by atoms with Crippen molar-refractivity contribution in [3.05, 3.63) is 29.9 Å². The summed E-state index contributed by atoms with van der Waals surface area (Å²) in [4.78, 5) is 14.2. The highest BCUT2D eigenvalue weighted by Gasteiger charge is 2.24. The van der Waals surface area contributed by atoms with Gasteiger partial charge in [0.15, 0.2) is 5.82 Å². The molecule has 0 spiro atoms. The van der Waals surface area contributed by atoms with E-state index in [0.29, 0.717) is 30.8 Å². The minimum absolute atomic E-state index is 0.387. The fourth-order valence-electron chi connectivity index (χ4n) is 2.66. The summed E-state index contributed by atoms with van der Waals surface area (Å²) < 4.78 is 10.2. The van der Waals surface area contributed by atoms with Gasteiger partial charge in [-0.05, 0) is 19.4 Å². The van der Waals surface area contributed by atoms with Crippen LogP contribution in [0.2, 0.25) is 0 Å². The highest BCUT2D eigenvalue weighted by molar-refractivity contribution is 5.00. The smallest absolute Gasteiger partial charge is 0.240 e. The molecule has 20 heavy (non-hydrogen) atoms. The van der Waals surface area contributed by atoms with Crippen molar-refractivity contribution in [1.82, 2.24) is 25.0 Å². The van der Waals surface area contributed by atoms with Crippen molar-refractivity contribution < 1.29 is 9.26 Å². The Kier molecular flexibility index (Phi) is 4.08. The molecule has 1 fully saturated rings. The first kappa shape index (κ1) is 13.3. The Bertz CT molecular complexity index is 525. The molecule has 0 bridgehead atoms. The van der Waals surface area contributed by atoms with E-state index < -0.39 is 0 Å². The molecule has 7 nitrogen and oxygen atoms in total. The molecule has 3 rings (SSSR count). The number of nitrogens with one attached hydrogen (secondary N) is 1. The lowest BCUT2D eigenvalue weighted by Gasteiger charge is -2.30. The van der Waals surface area contributed by atoms with E-state index in [0.717, 1.165) is 25.3 Å². The third-order valence-corrected chi connectivity index (χ3v) is 3.55. The number of imidazole rings is 1. The van der Waals surface area contributed by atoms with Gasteiger partial charge in [-0.15, -0.1) is 0 Å². The van der Waals surface area contributed by atoms with Gasteiger partial charge < -0.3 is 14.2 Å². The second kappa shape index (κ2) is 6.15. The number of hydrogen-bond donors (Lipinski definition) is 1. The molecule has 0 saturated carbocycles. The van der Waals surface area contributed by atoms with Crippen molar-refractivity contribution in [1.29, 1.82) is 0 Å². The summed E-state index contributed by atoms with van der Waals surface area (Å²) in [5, 5.41) is 3.88. The van der Waals surface area contributed by atoms with Gasteiger partial charge in [0.1, 0.15) is 12.4 Å². The minimum atomic E-state index is 0.387. The molecule has 1 atom stereocenters. The highest BCUT2D eigenvalue weighted by Crippen LogP contribution is 2.25. The van der Waals surface area contributed by atoms with Crippen LogP contribution in [0, 0.1) is 0 Å². The third-order valence-electron chi connectivity index (χ3n) is 3.55. The van der Waals surface area contributed by atoms with Crippen LogP contribution in [-0.4, -0.2) is 45.2 Å². The topological polar surface area (TPSA) is 80.1 Å². The Morgan fingerprint density at radius 2 is 2.50 bits per heavy atom. The first-order valence-electron chi connectivity index (χ1n) is 6.87. The van der Waals surface area contributed by atoms with Crippen LogP contribution in [0.15, 0.2) is 16.9 Å². The SMILES string of the molecule is COCc1noc(CN2CCCC(c3ncc[nH]3)C2)n1. The monoisotopic (exact) mass is 277 g/mol. The van der Waals surface area contributed by atoms with Gasteiger partial charge in [0, 0.05) is 32.0 Å². The lowest BCUT2D eigenvalue weighted by molar-refractivity contribution is 0.170. The number of likely N-dealkylation sites (tertiary alicyclic amines) is 1. The summed E-state index contributed by atoms with van der Waals surface area (Å²) in [6, 6.07) is 0. The zero-order chi connectivity index (χ0) is 13.8. The highest BCUT2D eigenvalue weighted by atomic mass is 16.5. The minimum Gasteiger partial charge on any atom is -0.377 e. The molecular formula is C13H19N5O2. The number of hydrogen-bond acceptors (Lipinski definition) is 6. The summed E-state index contributed by atoms with van der Waals surface area (Å²) in [6.07, 6.45) is 6.01. The van der Waals surface area contributed by atoms with Crippen LogP contribution in [0.4, 0.5) is 0 Å². The number of methoxy groups -OCH3 is 1. The third kappa shape index (κ3) is 3.05. The molecule has 1 saturated heterocycles. The summed E-state index contributed by atoms with van der Waals surface area (Å²) in [7, 11) is 1.62. The quantitative estimate of drug-likeness (QED) is 0.887. The molecule has 0 amide bonds. The Labute approximate surface area is 117 Å². The lowest BCUT2D eigenvalue weighted by Crippen LogP contribution is -2.34. The van der Waals surface area contributed by atoms with Crippen LogP contribution in [-0.2, 0) is 17.9 Å². The van der Waals surface area contributed by atoms with E-state index in [1.165, 1.54) is 6.42 Å². The predicted octanol–water partition coefficient (Wildman–Crippen LogP) is 1.32. The van der Waals surface area contributed by atoms with E-state index in [4.69, 9.17) is 9.26 Å². The molecule has 1 unspecified atom stereocenters. The van der Waals surface area contributed by atoms with E-state index in [1.807, 2.05) is 12.4 Å². The standard InChI is InChI=1S/C13H19N5O2/c1-19-9-11-16-12(20-17-11)8-18-6-2-3-10(7-18)13-14-4-5-15-13/h4-5,10H,2-3,6-9H2,1H3,(H,14,15). The van der Waals surface area contributed by atoms with Gasteiger partial charge in [0.05, 0.1) is 6.54 Å². The van der Waals surface area contributed by atoms with E-state index in [2.05, 4.69) is 25.0 Å². The van der Waals surface area contributed by atoms with Crippen LogP contribution in [0.25, 0.3) is 0 Å². The molecule has 0 aliphatic carbocycles. The maximum absolute atomic E-state index is 5.24. The van der Waals surface area contributed by atoms with E-state index in [-0.39, 0.29) is 0 Å². The van der Waals surface area contributed by atoms with Gasteiger partial charge in [-0.25, -0.2) is 4.98 Å². The first-order chi connectivity index (χ1) is 9.85. The predicted molar refractivity (Wildman–Crippen MR) is 70.9 cm³/mol. The Hall–Kier alpha value is -1.73. The number of aromatic nitrogens is 4. The number of piperidine rings is 1. The maximum Gasteiger partial charge on any atom is 0.240 e. The molecule has 1 aliphatic heterocycles. The number of H-pyrrole nitrogens is 1. The number of rotatable bonds is 5. The van der Waals surface area contributed by atoms with Gasteiger partial charge in [-0.1, -0.05) is 5.16 Å². The molecule has 2 aromatic rings. The fourth-order valence-corrected chi connectivity index (χ4v) is 2.66. The van der Waals surface area contributed by atoms with Crippen LogP contribution in [0.5, 0.6) is 0 Å². The Morgan fingerprint density at radius 1 is 1.55 bits per heavy atom. The van der Waals surface area contributed by atoms with E-state index >= 15 is 0 Å². The maximum atomic E-state index is 5.24. The van der Waals surface area contributed by atoms with Crippen molar-refractivity contribution in [2.24, 2.45) is 0 Å². The van der Waals surface area contributed by atoms with Crippen molar-refractivity contribution in [3.8, 4) is 0 Å². The van der Waals surface area contributed by atoms with E-state index in [1.54, 1.807) is 7.11 Å². The fraction of sp³-hybridized carbons (Fsp3) is 0.615. The zero-order valence-electron chi connectivity index (χ0n) is 11.6. The summed E-state index contributed by atoms with van der Waals surface area (Å²) in [5.74, 6) is 2.78. The van der Waals surface area contributed by atoms with Gasteiger partial charge >= 0.3 is 0 Å². The molecule has 0 aromatic carbocycles. The normalized spacial score (nSPS) is 20.4. The molecule has 0 radical (unpaired) electrons.